The van der Waals surface area contributed by atoms with Gasteiger partial charge in [-0.15, -0.1) is 0 Å². The highest BCUT2D eigenvalue weighted by Crippen LogP contribution is 2.46. The van der Waals surface area contributed by atoms with E-state index in [-0.39, 0.29) is 24.2 Å². The van der Waals surface area contributed by atoms with Crippen molar-refractivity contribution in [2.75, 3.05) is 0 Å². The Balaban J connectivity index is 1.65. The number of hydrogen-bond acceptors (Lipinski definition) is 8. The van der Waals surface area contributed by atoms with Gasteiger partial charge in [0.2, 0.25) is 0 Å². The number of cyclic esters (lactones) is 1. The number of hydrogen-bond donors (Lipinski definition) is 2. The molecule has 7 unspecified atom stereocenters. The Morgan fingerprint density at radius 1 is 1.11 bits per heavy atom. The van der Waals surface area contributed by atoms with Crippen molar-refractivity contribution in [3.8, 4) is 0 Å². The Hall–Kier alpha value is -2.55. The second-order valence-corrected chi connectivity index (χ2v) is 11.2. The normalized spacial score (nSPS) is 36.8. The average Bonchev–Trinajstić information content (AvgIpc) is 3.28. The molecule has 3 heterocycles. The molecule has 196 valence electrons. The lowest BCUT2D eigenvalue weighted by Crippen LogP contribution is -2.45. The largest absolute Gasteiger partial charge is 0.457 e. The van der Waals surface area contributed by atoms with Crippen molar-refractivity contribution in [3.63, 3.8) is 0 Å². The van der Waals surface area contributed by atoms with Crippen molar-refractivity contribution in [2.24, 2.45) is 17.3 Å². The third-order valence-electron chi connectivity index (χ3n) is 7.88. The predicted molar refractivity (Wildman–Crippen MR) is 133 cm³/mol. The van der Waals surface area contributed by atoms with Gasteiger partial charge in [-0.25, -0.2) is 4.98 Å². The van der Waals surface area contributed by atoms with Crippen molar-refractivity contribution < 1.29 is 33.7 Å². The van der Waals surface area contributed by atoms with Gasteiger partial charge in [0.15, 0.2) is 11.5 Å². The number of aliphatic hydroxyl groups excluding tert-OH is 2. The summed E-state index contributed by atoms with van der Waals surface area (Å²) in [5, 5.41) is 21.7. The van der Waals surface area contributed by atoms with Gasteiger partial charge in [0.05, 0.1) is 35.7 Å². The fraction of sp³-hybridized carbons (Fsp3) is 0.607. The second-order valence-electron chi connectivity index (χ2n) is 11.2. The first-order valence-corrected chi connectivity index (χ1v) is 12.6. The van der Waals surface area contributed by atoms with E-state index < -0.39 is 41.2 Å². The number of ether oxygens (including phenoxy) is 2. The molecule has 0 saturated carbocycles. The van der Waals surface area contributed by atoms with Crippen LogP contribution in [0.5, 0.6) is 0 Å². The lowest BCUT2D eigenvalue weighted by molar-refractivity contribution is -0.156. The van der Waals surface area contributed by atoms with Crippen LogP contribution in [0.2, 0.25) is 0 Å². The molecular weight excluding hydrogens is 462 g/mol. The first-order valence-electron chi connectivity index (χ1n) is 12.6. The van der Waals surface area contributed by atoms with E-state index in [1.54, 1.807) is 33.8 Å². The standard InChI is InChI=1S/C28H37NO7/c1-15-8-7-11-28(6)23(36-28)13-21(18-9-10-20-19(12-18)29-17(3)34-20)35-24(31)14-22(30)27(4,5)26(33)16(2)25(15)32/h7-10,12,15-16,21-23,25,30,32H,11,13-14H2,1-6H3/b8-7-. The number of nitrogens with zero attached hydrogens (tertiary/aromatic N) is 1. The number of aliphatic hydroxyl groups is 2. The van der Waals surface area contributed by atoms with E-state index in [1.807, 2.05) is 38.1 Å². The monoisotopic (exact) mass is 499 g/mol. The van der Waals surface area contributed by atoms with E-state index in [1.165, 1.54) is 0 Å². The number of ketones is 1. The predicted octanol–water partition coefficient (Wildman–Crippen LogP) is 4.21. The summed E-state index contributed by atoms with van der Waals surface area (Å²) in [4.78, 5) is 30.6. The summed E-state index contributed by atoms with van der Waals surface area (Å²) in [6.07, 6.45) is 1.67. The summed E-state index contributed by atoms with van der Waals surface area (Å²) in [5.41, 5.74) is 0.415. The number of esters is 1. The number of rotatable bonds is 1. The number of carbonyl (C=O) groups excluding carboxylic acids is 2. The molecule has 8 nitrogen and oxygen atoms in total. The maximum atomic E-state index is 13.2. The molecule has 2 N–H and O–H groups in total. The summed E-state index contributed by atoms with van der Waals surface area (Å²) >= 11 is 0. The van der Waals surface area contributed by atoms with Gasteiger partial charge in [0.25, 0.3) is 0 Å². The Bertz CT molecular complexity index is 1170. The lowest BCUT2D eigenvalue weighted by Gasteiger charge is -2.34. The Labute approximate surface area is 211 Å². The summed E-state index contributed by atoms with van der Waals surface area (Å²) in [6, 6.07) is 5.49. The molecule has 4 rings (SSSR count). The Morgan fingerprint density at radius 2 is 1.83 bits per heavy atom. The number of Topliss-reactive ketones (excluding diaryl/α,β-unsaturated/α-hetero) is 1. The molecule has 0 amide bonds. The maximum Gasteiger partial charge on any atom is 0.309 e. The summed E-state index contributed by atoms with van der Waals surface area (Å²) in [7, 11) is 0. The highest BCUT2D eigenvalue weighted by molar-refractivity contribution is 5.88. The minimum absolute atomic E-state index is 0.135. The van der Waals surface area contributed by atoms with Crippen LogP contribution >= 0.6 is 0 Å². The molecule has 0 spiro atoms. The topological polar surface area (TPSA) is 122 Å². The molecule has 1 fully saturated rings. The van der Waals surface area contributed by atoms with E-state index in [2.05, 4.69) is 4.98 Å². The number of oxazole rings is 1. The van der Waals surface area contributed by atoms with Gasteiger partial charge in [0, 0.05) is 25.2 Å². The van der Waals surface area contributed by atoms with Crippen LogP contribution < -0.4 is 0 Å². The summed E-state index contributed by atoms with van der Waals surface area (Å²) in [6.45, 7) is 10.5. The van der Waals surface area contributed by atoms with Gasteiger partial charge in [-0.2, -0.15) is 0 Å². The van der Waals surface area contributed by atoms with Crippen LogP contribution in [-0.4, -0.2) is 50.9 Å². The van der Waals surface area contributed by atoms with Gasteiger partial charge >= 0.3 is 5.97 Å². The number of fused-ring (bicyclic) bond motifs is 2. The van der Waals surface area contributed by atoms with Crippen molar-refractivity contribution in [1.29, 1.82) is 0 Å². The molecule has 2 aromatic rings. The molecule has 0 radical (unpaired) electrons. The van der Waals surface area contributed by atoms with E-state index >= 15 is 0 Å². The van der Waals surface area contributed by atoms with Gasteiger partial charge in [-0.1, -0.05) is 45.9 Å². The molecule has 1 saturated heterocycles. The van der Waals surface area contributed by atoms with Crippen LogP contribution in [0.15, 0.2) is 34.8 Å². The zero-order chi connectivity index (χ0) is 26.4. The zero-order valence-electron chi connectivity index (χ0n) is 21.9. The van der Waals surface area contributed by atoms with Gasteiger partial charge in [-0.05, 0) is 31.0 Å². The summed E-state index contributed by atoms with van der Waals surface area (Å²) < 4.78 is 17.5. The van der Waals surface area contributed by atoms with Crippen molar-refractivity contribution in [1.82, 2.24) is 4.98 Å². The van der Waals surface area contributed by atoms with Crippen molar-refractivity contribution in [3.05, 3.63) is 41.8 Å². The number of benzene rings is 1. The number of aryl methyl sites for hydroxylation is 1. The van der Waals surface area contributed by atoms with Crippen LogP contribution in [0.1, 0.15) is 71.4 Å². The molecule has 2 aliphatic heterocycles. The first-order chi connectivity index (χ1) is 16.8. The van der Waals surface area contributed by atoms with Gasteiger partial charge in [-0.3, -0.25) is 9.59 Å². The maximum absolute atomic E-state index is 13.2. The molecule has 0 aliphatic carbocycles. The molecule has 1 aromatic carbocycles. The van der Waals surface area contributed by atoms with E-state index in [4.69, 9.17) is 13.9 Å². The average molecular weight is 500 g/mol. The highest BCUT2D eigenvalue weighted by Gasteiger charge is 2.52. The van der Waals surface area contributed by atoms with E-state index in [0.717, 1.165) is 5.56 Å². The first kappa shape index (κ1) is 26.5. The molecule has 36 heavy (non-hydrogen) atoms. The van der Waals surface area contributed by atoms with Crippen LogP contribution in [-0.2, 0) is 19.1 Å². The zero-order valence-corrected chi connectivity index (χ0v) is 21.9. The highest BCUT2D eigenvalue weighted by atomic mass is 16.6. The number of epoxide rings is 1. The molecule has 0 bridgehead atoms. The smallest absolute Gasteiger partial charge is 0.309 e. The van der Waals surface area contributed by atoms with E-state index in [0.29, 0.717) is 29.8 Å². The van der Waals surface area contributed by atoms with Crippen molar-refractivity contribution >= 4 is 22.9 Å². The summed E-state index contributed by atoms with van der Waals surface area (Å²) in [5.74, 6) is -1.35. The molecule has 7 atom stereocenters. The minimum Gasteiger partial charge on any atom is -0.457 e. The molecule has 2 aliphatic rings. The molecule has 1 aromatic heterocycles. The SMILES string of the molecule is Cc1nc2cc(C3CC4OC4(C)C/C=C\C(C)C(O)C(C)C(=O)C(C)(C)C(O)CC(=O)O3)ccc2o1. The fourth-order valence-corrected chi connectivity index (χ4v) is 5.09. The second kappa shape index (κ2) is 9.72. The Kier molecular flexibility index (Phi) is 7.16. The van der Waals surface area contributed by atoms with Gasteiger partial charge < -0.3 is 24.1 Å². The quantitative estimate of drug-likeness (QED) is 0.340. The third kappa shape index (κ3) is 5.26. The van der Waals surface area contributed by atoms with Crippen LogP contribution in [0, 0.1) is 24.2 Å². The minimum atomic E-state index is -1.27. The number of aromatic nitrogens is 1. The third-order valence-corrected chi connectivity index (χ3v) is 7.88. The fourth-order valence-electron chi connectivity index (χ4n) is 5.09. The van der Waals surface area contributed by atoms with Crippen molar-refractivity contribution in [2.45, 2.75) is 90.8 Å². The number of carbonyl (C=O) groups is 2. The molecular formula is C28H37NO7. The van der Waals surface area contributed by atoms with Crippen LogP contribution in [0.25, 0.3) is 11.1 Å². The molecule has 8 heteroatoms. The van der Waals surface area contributed by atoms with E-state index in [9.17, 15) is 19.8 Å². The van der Waals surface area contributed by atoms with Gasteiger partial charge in [0.1, 0.15) is 17.4 Å². The lowest BCUT2D eigenvalue weighted by atomic mass is 9.73. The van der Waals surface area contributed by atoms with Crippen LogP contribution in [0.3, 0.4) is 0 Å². The van der Waals surface area contributed by atoms with Crippen LogP contribution in [0.4, 0.5) is 0 Å². The Morgan fingerprint density at radius 3 is 2.56 bits per heavy atom.